The van der Waals surface area contributed by atoms with Gasteiger partial charge >= 0.3 is 0 Å². The van der Waals surface area contributed by atoms with E-state index in [0.717, 1.165) is 5.56 Å². The predicted octanol–water partition coefficient (Wildman–Crippen LogP) is 2.07. The van der Waals surface area contributed by atoms with Crippen molar-refractivity contribution in [2.24, 2.45) is 5.92 Å². The Morgan fingerprint density at radius 3 is 2.80 bits per heavy atom. The Labute approximate surface area is 91.0 Å². The number of halogens is 1. The van der Waals surface area contributed by atoms with Crippen molar-refractivity contribution < 1.29 is 9.72 Å². The molecular formula is C10H8ClNO3. The van der Waals surface area contributed by atoms with Crippen LogP contribution in [0.1, 0.15) is 11.1 Å². The molecule has 78 valence electrons. The van der Waals surface area contributed by atoms with Gasteiger partial charge in [0.1, 0.15) is 0 Å². The number of hydrogen-bond donors (Lipinski definition) is 0. The van der Waals surface area contributed by atoms with E-state index in [4.69, 9.17) is 11.6 Å². The summed E-state index contributed by atoms with van der Waals surface area (Å²) in [7, 11) is 0. The number of fused-ring (bicyclic) bond motifs is 1. The zero-order valence-electron chi connectivity index (χ0n) is 7.77. The molecule has 1 aromatic carbocycles. The van der Waals surface area contributed by atoms with E-state index in [1.807, 2.05) is 6.07 Å². The minimum Gasteiger partial charge on any atom is -0.281 e. The third kappa shape index (κ3) is 1.72. The van der Waals surface area contributed by atoms with Crippen molar-refractivity contribution in [1.29, 1.82) is 0 Å². The lowest BCUT2D eigenvalue weighted by Gasteiger charge is -1.99. The van der Waals surface area contributed by atoms with Gasteiger partial charge in [0.25, 0.3) is 5.69 Å². The average molecular weight is 226 g/mol. The van der Waals surface area contributed by atoms with Gasteiger partial charge in [0.2, 0.25) is 5.24 Å². The van der Waals surface area contributed by atoms with Gasteiger partial charge in [-0.1, -0.05) is 12.1 Å². The van der Waals surface area contributed by atoms with Gasteiger partial charge in [-0.05, 0) is 30.0 Å². The number of nitro groups is 1. The molecule has 1 unspecified atom stereocenters. The van der Waals surface area contributed by atoms with Crippen LogP contribution >= 0.6 is 11.6 Å². The van der Waals surface area contributed by atoms with E-state index in [-0.39, 0.29) is 11.6 Å². The number of benzene rings is 1. The predicted molar refractivity (Wildman–Crippen MR) is 54.9 cm³/mol. The molecule has 5 heteroatoms. The Kier molecular flexibility index (Phi) is 2.44. The maximum Gasteiger partial charge on any atom is 0.272 e. The maximum absolute atomic E-state index is 11.0. The molecule has 1 aliphatic carbocycles. The van der Waals surface area contributed by atoms with Gasteiger partial charge in [-0.2, -0.15) is 0 Å². The summed E-state index contributed by atoms with van der Waals surface area (Å²) >= 11 is 5.40. The summed E-state index contributed by atoms with van der Waals surface area (Å²) in [6.07, 6.45) is 0.897. The van der Waals surface area contributed by atoms with E-state index in [1.165, 1.54) is 6.07 Å². The third-order valence-corrected chi connectivity index (χ3v) is 2.99. The molecule has 0 aromatic heterocycles. The number of nitro benzene ring substituents is 1. The molecule has 0 amide bonds. The molecule has 0 heterocycles. The van der Waals surface area contributed by atoms with E-state index in [0.29, 0.717) is 18.4 Å². The highest BCUT2D eigenvalue weighted by Gasteiger charge is 2.31. The van der Waals surface area contributed by atoms with E-state index >= 15 is 0 Å². The van der Waals surface area contributed by atoms with Gasteiger partial charge in [0.05, 0.1) is 4.92 Å². The van der Waals surface area contributed by atoms with E-state index in [9.17, 15) is 14.9 Å². The molecule has 0 saturated carbocycles. The Bertz CT molecular complexity index is 444. The molecule has 4 nitrogen and oxygen atoms in total. The molecule has 0 saturated heterocycles. The number of carbonyl (C=O) groups excluding carboxylic acids is 1. The molecule has 15 heavy (non-hydrogen) atoms. The second kappa shape index (κ2) is 3.62. The quantitative estimate of drug-likeness (QED) is 0.440. The normalized spacial score (nSPS) is 18.6. The highest BCUT2D eigenvalue weighted by molar-refractivity contribution is 6.64. The Morgan fingerprint density at radius 1 is 1.47 bits per heavy atom. The Balaban J connectivity index is 2.41. The van der Waals surface area contributed by atoms with E-state index in [2.05, 4.69) is 0 Å². The number of carbonyl (C=O) groups is 1. The van der Waals surface area contributed by atoms with Crippen molar-refractivity contribution in [1.82, 2.24) is 0 Å². The molecular weight excluding hydrogens is 218 g/mol. The van der Waals surface area contributed by atoms with Gasteiger partial charge in [-0.15, -0.1) is 0 Å². The molecule has 0 fully saturated rings. The topological polar surface area (TPSA) is 60.2 Å². The minimum absolute atomic E-state index is 0.0907. The summed E-state index contributed by atoms with van der Waals surface area (Å²) in [5.74, 6) is -0.303. The van der Waals surface area contributed by atoms with E-state index < -0.39 is 10.2 Å². The third-order valence-electron chi connectivity index (χ3n) is 2.68. The molecule has 0 N–H and O–H groups in total. The largest absolute Gasteiger partial charge is 0.281 e. The smallest absolute Gasteiger partial charge is 0.272 e. The van der Waals surface area contributed by atoms with Gasteiger partial charge < -0.3 is 0 Å². The lowest BCUT2D eigenvalue weighted by Crippen LogP contribution is -2.07. The number of rotatable bonds is 2. The Morgan fingerprint density at radius 2 is 2.20 bits per heavy atom. The Hall–Kier alpha value is -1.42. The zero-order chi connectivity index (χ0) is 11.0. The van der Waals surface area contributed by atoms with Crippen molar-refractivity contribution in [3.05, 3.63) is 39.4 Å². The maximum atomic E-state index is 11.0. The van der Waals surface area contributed by atoms with E-state index in [1.54, 1.807) is 6.07 Å². The van der Waals surface area contributed by atoms with Crippen LogP contribution in [-0.2, 0) is 17.6 Å². The van der Waals surface area contributed by atoms with Crippen LogP contribution in [0.5, 0.6) is 0 Å². The van der Waals surface area contributed by atoms with Crippen molar-refractivity contribution in [2.75, 3.05) is 0 Å². The monoisotopic (exact) mass is 225 g/mol. The minimum atomic E-state index is -0.417. The molecule has 1 aromatic rings. The lowest BCUT2D eigenvalue weighted by atomic mass is 10.1. The summed E-state index contributed by atoms with van der Waals surface area (Å²) in [4.78, 5) is 21.3. The fourth-order valence-electron chi connectivity index (χ4n) is 1.96. The summed E-state index contributed by atoms with van der Waals surface area (Å²) in [5, 5.41) is 10.3. The lowest BCUT2D eigenvalue weighted by molar-refractivity contribution is -0.385. The molecule has 1 atom stereocenters. The molecule has 2 rings (SSSR count). The first-order chi connectivity index (χ1) is 7.09. The summed E-state index contributed by atoms with van der Waals surface area (Å²) in [5.41, 5.74) is 1.61. The standard InChI is InChI=1S/C10H8ClNO3/c11-10(13)7-4-6-2-1-3-9(12(14)15)8(6)5-7/h1-3,7H,4-5H2. The first-order valence-corrected chi connectivity index (χ1v) is 4.92. The van der Waals surface area contributed by atoms with Gasteiger partial charge in [-0.3, -0.25) is 14.9 Å². The van der Waals surface area contributed by atoms with Crippen molar-refractivity contribution in [3.63, 3.8) is 0 Å². The molecule has 0 aliphatic heterocycles. The second-order valence-corrected chi connectivity index (χ2v) is 3.95. The van der Waals surface area contributed by atoms with Gasteiger partial charge in [-0.25, -0.2) is 0 Å². The number of hydrogen-bond acceptors (Lipinski definition) is 3. The summed E-state index contributed by atoms with van der Waals surface area (Å²) in [6.45, 7) is 0. The first kappa shape index (κ1) is 10.1. The second-order valence-electron chi connectivity index (χ2n) is 3.58. The molecule has 0 radical (unpaired) electrons. The van der Waals surface area contributed by atoms with Crippen molar-refractivity contribution in [3.8, 4) is 0 Å². The van der Waals surface area contributed by atoms with Crippen LogP contribution in [0.25, 0.3) is 0 Å². The van der Waals surface area contributed by atoms with Crippen molar-refractivity contribution >= 4 is 22.5 Å². The molecule has 1 aliphatic rings. The highest BCUT2D eigenvalue weighted by Crippen LogP contribution is 2.34. The SMILES string of the molecule is O=C(Cl)C1Cc2cccc([N+](=O)[O-])c2C1. The average Bonchev–Trinajstić information content (AvgIpc) is 2.60. The highest BCUT2D eigenvalue weighted by atomic mass is 35.5. The first-order valence-electron chi connectivity index (χ1n) is 4.54. The number of nitrogens with zero attached hydrogens (tertiary/aromatic N) is 1. The van der Waals surface area contributed by atoms with Crippen LogP contribution in [-0.4, -0.2) is 10.2 Å². The van der Waals surface area contributed by atoms with Gasteiger partial charge in [0, 0.05) is 17.5 Å². The van der Waals surface area contributed by atoms with Gasteiger partial charge in [0.15, 0.2) is 0 Å². The van der Waals surface area contributed by atoms with Crippen molar-refractivity contribution in [2.45, 2.75) is 12.8 Å². The van der Waals surface area contributed by atoms with Crippen LogP contribution in [0.15, 0.2) is 18.2 Å². The van der Waals surface area contributed by atoms with Crippen LogP contribution in [0.4, 0.5) is 5.69 Å². The molecule has 0 spiro atoms. The summed E-state index contributed by atoms with van der Waals surface area (Å²) < 4.78 is 0. The fourth-order valence-corrected chi connectivity index (χ4v) is 2.12. The van der Waals surface area contributed by atoms with Crippen LogP contribution in [0.3, 0.4) is 0 Å². The fraction of sp³-hybridized carbons (Fsp3) is 0.300. The zero-order valence-corrected chi connectivity index (χ0v) is 8.53. The van der Waals surface area contributed by atoms with Crippen LogP contribution < -0.4 is 0 Å². The van der Waals surface area contributed by atoms with Crippen LogP contribution in [0.2, 0.25) is 0 Å². The van der Waals surface area contributed by atoms with Crippen LogP contribution in [0, 0.1) is 16.0 Å². The summed E-state index contributed by atoms with van der Waals surface area (Å²) in [6, 6.07) is 4.90. The molecule has 0 bridgehead atoms.